The molecule has 15 aromatic carbocycles. The SMILES string of the molecule is [2H]c1c([2H])c(-n2c3ccccc3c3ccccc32)c([2H])c2c1B1c3c(cc(C(C)(C)C)cc3N(c3c(-c4ccccc4)cccc3-c3cccc(-c4ccccc4)c3)c3c([2H])c(-n4c5ccccc5c5ccccc54)c([2H])c([2H])c31)N2c1c(-c2ccccc2)cccc1-c1cccc(-c2ccccc2)c1. The molecule has 0 N–H and O–H groups in total. The van der Waals surface area contributed by atoms with E-state index in [1.165, 1.54) is 0 Å². The van der Waals surface area contributed by atoms with Crippen molar-refractivity contribution in [1.29, 1.82) is 0 Å². The van der Waals surface area contributed by atoms with E-state index in [9.17, 15) is 8.22 Å². The van der Waals surface area contributed by atoms with Gasteiger partial charge in [0, 0.05) is 77.9 Å². The Bertz CT molecular complexity index is 5940. The van der Waals surface area contributed by atoms with Crippen molar-refractivity contribution in [3.05, 3.63) is 357 Å². The summed E-state index contributed by atoms with van der Waals surface area (Å²) in [6, 6.07) is 108. The van der Waals surface area contributed by atoms with Gasteiger partial charge in [-0.3, -0.25) is 0 Å². The van der Waals surface area contributed by atoms with Gasteiger partial charge in [-0.05, 0) is 145 Å². The highest BCUT2D eigenvalue weighted by Crippen LogP contribution is 2.55. The Labute approximate surface area is 586 Å². The summed E-state index contributed by atoms with van der Waals surface area (Å²) in [6.07, 6.45) is 0. The van der Waals surface area contributed by atoms with Crippen LogP contribution >= 0.6 is 0 Å². The Kier molecular flexibility index (Phi) is 12.1. The third-order valence-electron chi connectivity index (χ3n) is 20.3. The minimum absolute atomic E-state index is 0.00216. The van der Waals surface area contributed by atoms with E-state index in [1.54, 1.807) is 0 Å². The van der Waals surface area contributed by atoms with Crippen molar-refractivity contribution in [2.45, 2.75) is 26.2 Å². The fraction of sp³-hybridized carbons (Fsp3) is 0.0426. The molecule has 0 aliphatic carbocycles. The highest BCUT2D eigenvalue weighted by Gasteiger charge is 2.46. The van der Waals surface area contributed by atoms with Gasteiger partial charge in [0.1, 0.15) is 0 Å². The summed E-state index contributed by atoms with van der Waals surface area (Å²) in [5, 5.41) is 3.78. The molecule has 0 atom stereocenters. The lowest BCUT2D eigenvalue weighted by molar-refractivity contribution is 0.590. The second-order valence-corrected chi connectivity index (χ2v) is 27.0. The fourth-order valence-corrected chi connectivity index (χ4v) is 15.7. The summed E-state index contributed by atoms with van der Waals surface area (Å²) >= 11 is 0. The van der Waals surface area contributed by atoms with Crippen LogP contribution in [0.5, 0.6) is 0 Å². The van der Waals surface area contributed by atoms with Crippen LogP contribution in [0.4, 0.5) is 34.1 Å². The predicted molar refractivity (Wildman–Crippen MR) is 420 cm³/mol. The first-order chi connectivity index (χ1) is 51.3. The number of anilines is 6. The van der Waals surface area contributed by atoms with Crippen LogP contribution in [0.1, 0.15) is 34.6 Å². The monoisotopic (exact) mass is 1270 g/mol. The molecule has 0 saturated heterocycles. The summed E-state index contributed by atoms with van der Waals surface area (Å²) in [5.74, 6) is 0. The van der Waals surface area contributed by atoms with Crippen LogP contribution in [0, 0.1) is 0 Å². The smallest absolute Gasteiger partial charge is 0.252 e. The Balaban J connectivity index is 1.03. The zero-order valence-corrected chi connectivity index (χ0v) is 54.9. The number of rotatable bonds is 10. The van der Waals surface area contributed by atoms with E-state index in [-0.39, 0.29) is 47.6 Å². The quantitative estimate of drug-likeness (QED) is 0.127. The molecule has 2 aliphatic heterocycles. The minimum atomic E-state index is -1.12. The Hall–Kier alpha value is -12.4. The summed E-state index contributed by atoms with van der Waals surface area (Å²) in [4.78, 5) is 4.50. The topological polar surface area (TPSA) is 16.3 Å². The van der Waals surface area contributed by atoms with Gasteiger partial charge in [-0.2, -0.15) is 0 Å². The molecule has 466 valence electrons. The molecule has 0 spiro atoms. The van der Waals surface area contributed by atoms with Gasteiger partial charge in [-0.15, -0.1) is 0 Å². The van der Waals surface area contributed by atoms with E-state index in [0.717, 1.165) is 127 Å². The molecule has 99 heavy (non-hydrogen) atoms. The maximum absolute atomic E-state index is 11.6. The van der Waals surface area contributed by atoms with Crippen molar-refractivity contribution in [1.82, 2.24) is 9.13 Å². The van der Waals surface area contributed by atoms with Crippen LogP contribution in [0.25, 0.3) is 122 Å². The van der Waals surface area contributed by atoms with Crippen molar-refractivity contribution in [3.8, 4) is 78.1 Å². The standard InChI is InChI=1S/C94H67BN4/c1-94(2,3)70-58-89-91-90(59-70)99(93-74(65-34-14-7-15-35-65)45-27-47-76(93)69-39-25-37-67(57-69)63-30-10-5-11-31-63)88-61-72(97-85-50-22-18-42-79(85)80-43-19-23-51-86(80)97)53-55-82(88)95(91)81-54-52-71(96-83-48-20-16-40-77(83)78-41-17-21-49-84(78)96)60-87(81)98(89)92-73(64-32-12-6-13-33-64)44-26-46-75(92)68-38-24-36-66(56-68)62-28-8-4-9-29-62/h4-61H,1-3H3/i52D,53D,54D,55D,60D,61D. The number of benzene rings is 15. The zero-order chi connectivity index (χ0) is 71.1. The summed E-state index contributed by atoms with van der Waals surface area (Å²) < 4.78 is 71.7. The van der Waals surface area contributed by atoms with Gasteiger partial charge in [0.2, 0.25) is 0 Å². The third kappa shape index (κ3) is 9.44. The molecule has 0 saturated carbocycles. The summed E-state index contributed by atoms with van der Waals surface area (Å²) in [5.41, 5.74) is 20.2. The molecular weight excluding hydrogens is 1200 g/mol. The van der Waals surface area contributed by atoms with Crippen molar-refractivity contribution >= 4 is 101 Å². The predicted octanol–water partition coefficient (Wildman–Crippen LogP) is 23.3. The highest BCUT2D eigenvalue weighted by atomic mass is 15.2. The van der Waals surface area contributed by atoms with Crippen molar-refractivity contribution in [3.63, 3.8) is 0 Å². The van der Waals surface area contributed by atoms with Gasteiger partial charge in [0.05, 0.1) is 41.7 Å². The van der Waals surface area contributed by atoms with Crippen molar-refractivity contribution in [2.75, 3.05) is 9.80 Å². The van der Waals surface area contributed by atoms with E-state index >= 15 is 0 Å². The van der Waals surface area contributed by atoms with Gasteiger partial charge in [0.15, 0.2) is 0 Å². The first-order valence-corrected chi connectivity index (χ1v) is 34.0. The van der Waals surface area contributed by atoms with E-state index in [4.69, 9.17) is 0 Å². The zero-order valence-electron chi connectivity index (χ0n) is 60.9. The fourth-order valence-electron chi connectivity index (χ4n) is 15.7. The lowest BCUT2D eigenvalue weighted by Gasteiger charge is -2.46. The van der Waals surface area contributed by atoms with E-state index < -0.39 is 12.1 Å². The molecule has 0 fully saturated rings. The van der Waals surface area contributed by atoms with Crippen LogP contribution in [-0.4, -0.2) is 15.8 Å². The largest absolute Gasteiger partial charge is 0.310 e. The van der Waals surface area contributed by atoms with Gasteiger partial charge < -0.3 is 18.9 Å². The second kappa shape index (κ2) is 23.2. The molecule has 4 nitrogen and oxygen atoms in total. The maximum atomic E-state index is 11.6. The van der Waals surface area contributed by atoms with Gasteiger partial charge in [-0.25, -0.2) is 0 Å². The lowest BCUT2D eigenvalue weighted by atomic mass is 9.33. The lowest BCUT2D eigenvalue weighted by Crippen LogP contribution is -2.61. The van der Waals surface area contributed by atoms with Crippen LogP contribution in [0.3, 0.4) is 0 Å². The number of nitrogens with zero attached hydrogens (tertiary/aromatic N) is 4. The van der Waals surface area contributed by atoms with Crippen molar-refractivity contribution < 1.29 is 8.22 Å². The second-order valence-electron chi connectivity index (χ2n) is 27.0. The highest BCUT2D eigenvalue weighted by molar-refractivity contribution is 7.00. The van der Waals surface area contributed by atoms with E-state index in [0.29, 0.717) is 39.1 Å². The van der Waals surface area contributed by atoms with Crippen LogP contribution < -0.4 is 26.2 Å². The molecule has 0 radical (unpaired) electrons. The molecule has 0 unspecified atom stereocenters. The minimum Gasteiger partial charge on any atom is -0.310 e. The molecule has 2 aliphatic rings. The molecule has 17 aromatic rings. The average molecular weight is 1270 g/mol. The molecule has 2 aromatic heterocycles. The molecule has 5 heteroatoms. The van der Waals surface area contributed by atoms with Crippen LogP contribution in [0.2, 0.25) is 0 Å². The average Bonchev–Trinajstić information content (AvgIpc) is 1.23. The molecule has 4 heterocycles. The van der Waals surface area contributed by atoms with Gasteiger partial charge in [0.25, 0.3) is 6.71 Å². The van der Waals surface area contributed by atoms with E-state index in [1.807, 2.05) is 106 Å². The molecule has 0 bridgehead atoms. The number of hydrogen-bond donors (Lipinski definition) is 0. The summed E-state index contributed by atoms with van der Waals surface area (Å²) in [7, 11) is 0. The molecule has 19 rings (SSSR count). The number of para-hydroxylation sites is 6. The number of aromatic nitrogens is 2. The summed E-state index contributed by atoms with van der Waals surface area (Å²) in [6.45, 7) is 5.57. The van der Waals surface area contributed by atoms with E-state index in [2.05, 4.69) is 249 Å². The Morgan fingerprint density at radius 2 is 0.586 bits per heavy atom. The van der Waals surface area contributed by atoms with Gasteiger partial charge >= 0.3 is 0 Å². The van der Waals surface area contributed by atoms with Crippen molar-refractivity contribution in [2.24, 2.45) is 0 Å². The number of hydrogen-bond acceptors (Lipinski definition) is 2. The van der Waals surface area contributed by atoms with Gasteiger partial charge in [-0.1, -0.05) is 300 Å². The normalized spacial score (nSPS) is 13.4. The first-order valence-electron chi connectivity index (χ1n) is 37.0. The van der Waals surface area contributed by atoms with Crippen LogP contribution in [-0.2, 0) is 5.41 Å². The molecular formula is C94H67BN4. The van der Waals surface area contributed by atoms with Crippen LogP contribution in [0.15, 0.2) is 352 Å². The maximum Gasteiger partial charge on any atom is 0.252 e. The number of fused-ring (bicyclic) bond motifs is 10. The first kappa shape index (κ1) is 51.8. The Morgan fingerprint density at radius 1 is 0.283 bits per heavy atom. The third-order valence-corrected chi connectivity index (χ3v) is 20.3. The Morgan fingerprint density at radius 3 is 0.949 bits per heavy atom. The molecule has 0 amide bonds.